The van der Waals surface area contributed by atoms with Crippen LogP contribution in [0.1, 0.15) is 12.0 Å². The summed E-state index contributed by atoms with van der Waals surface area (Å²) < 4.78 is 0. The second-order valence-corrected chi connectivity index (χ2v) is 4.48. The lowest BCUT2D eigenvalue weighted by atomic mass is 10.2. The van der Waals surface area contributed by atoms with Crippen molar-refractivity contribution in [2.75, 3.05) is 0 Å². The lowest BCUT2D eigenvalue weighted by molar-refractivity contribution is -0.497. The van der Waals surface area contributed by atoms with Gasteiger partial charge in [0.15, 0.2) is 0 Å². The van der Waals surface area contributed by atoms with Crippen molar-refractivity contribution in [1.82, 2.24) is 5.32 Å². The first-order chi connectivity index (χ1) is 8.08. The van der Waals surface area contributed by atoms with Crippen LogP contribution in [0, 0.1) is 16.0 Å². The molecule has 6 heteroatoms. The average Bonchev–Trinajstić information content (AvgIpc) is 3.08. The van der Waals surface area contributed by atoms with E-state index in [1.165, 1.54) is 0 Å². The summed E-state index contributed by atoms with van der Waals surface area (Å²) in [6, 6.07) is 6.39. The smallest absolute Gasteiger partial charge is 0.230 e. The van der Waals surface area contributed by atoms with Gasteiger partial charge < -0.3 is 5.32 Å². The van der Waals surface area contributed by atoms with Crippen LogP contribution in [-0.4, -0.2) is 16.9 Å². The zero-order chi connectivity index (χ0) is 12.4. The first-order valence-corrected chi connectivity index (χ1v) is 5.61. The van der Waals surface area contributed by atoms with Crippen molar-refractivity contribution in [3.63, 3.8) is 0 Å². The molecule has 17 heavy (non-hydrogen) atoms. The van der Waals surface area contributed by atoms with Crippen molar-refractivity contribution >= 4 is 17.5 Å². The number of hydrogen-bond donors (Lipinski definition) is 1. The molecular weight excluding hydrogens is 244 g/mol. The zero-order valence-corrected chi connectivity index (χ0v) is 9.68. The molecule has 1 saturated carbocycles. The van der Waals surface area contributed by atoms with Crippen molar-refractivity contribution in [3.05, 3.63) is 45.0 Å². The first kappa shape index (κ1) is 11.9. The molecule has 5 nitrogen and oxygen atoms in total. The quantitative estimate of drug-likeness (QED) is 0.656. The topological polar surface area (TPSA) is 72.2 Å². The maximum absolute atomic E-state index is 11.5. The van der Waals surface area contributed by atoms with Gasteiger partial charge in [0, 0.05) is 22.9 Å². The molecule has 1 aliphatic rings. The maximum atomic E-state index is 11.5. The van der Waals surface area contributed by atoms with Crippen LogP contribution in [0.4, 0.5) is 0 Å². The molecule has 1 fully saturated rings. The molecule has 1 aliphatic carbocycles. The second kappa shape index (κ2) is 4.71. The average molecular weight is 255 g/mol. The number of nitro groups is 1. The van der Waals surface area contributed by atoms with Crippen molar-refractivity contribution < 1.29 is 9.72 Å². The highest BCUT2D eigenvalue weighted by molar-refractivity contribution is 6.30. The molecule has 0 bridgehead atoms. The van der Waals surface area contributed by atoms with Crippen LogP contribution in [-0.2, 0) is 11.3 Å². The Morgan fingerprint density at radius 3 is 2.65 bits per heavy atom. The van der Waals surface area contributed by atoms with E-state index in [1.54, 1.807) is 24.3 Å². The molecule has 2 atom stereocenters. The van der Waals surface area contributed by atoms with E-state index in [0.717, 1.165) is 5.56 Å². The normalized spacial score (nSPS) is 21.9. The molecule has 0 spiro atoms. The number of rotatable bonds is 4. The summed E-state index contributed by atoms with van der Waals surface area (Å²) in [7, 11) is 0. The standard InChI is InChI=1S/C11H11ClN2O3/c12-8-3-1-7(2-4-8)6-13-11(15)9-5-10(9)14(16)17/h1-4,9-10H,5-6H2,(H,13,15)/t9-,10-/m0/s1. The van der Waals surface area contributed by atoms with E-state index in [9.17, 15) is 14.9 Å². The van der Waals surface area contributed by atoms with Crippen LogP contribution in [0.25, 0.3) is 0 Å². The molecule has 0 heterocycles. The van der Waals surface area contributed by atoms with Crippen molar-refractivity contribution in [2.24, 2.45) is 5.92 Å². The number of amides is 1. The van der Waals surface area contributed by atoms with Gasteiger partial charge in [-0.3, -0.25) is 14.9 Å². The van der Waals surface area contributed by atoms with Gasteiger partial charge in [-0.1, -0.05) is 23.7 Å². The molecule has 0 saturated heterocycles. The van der Waals surface area contributed by atoms with Gasteiger partial charge in [-0.2, -0.15) is 0 Å². The number of hydrogen-bond acceptors (Lipinski definition) is 3. The number of nitrogens with one attached hydrogen (secondary N) is 1. The van der Waals surface area contributed by atoms with Gasteiger partial charge in [-0.15, -0.1) is 0 Å². The summed E-state index contributed by atoms with van der Waals surface area (Å²) in [4.78, 5) is 21.5. The van der Waals surface area contributed by atoms with Crippen LogP contribution in [0.15, 0.2) is 24.3 Å². The van der Waals surface area contributed by atoms with Crippen molar-refractivity contribution in [2.45, 2.75) is 19.0 Å². The number of carbonyl (C=O) groups excluding carboxylic acids is 1. The number of carbonyl (C=O) groups is 1. The molecule has 1 aromatic carbocycles. The molecule has 2 rings (SSSR count). The summed E-state index contributed by atoms with van der Waals surface area (Å²) in [6.07, 6.45) is 0.347. The minimum Gasteiger partial charge on any atom is -0.352 e. The molecule has 0 aliphatic heterocycles. The summed E-state index contributed by atoms with van der Waals surface area (Å²) >= 11 is 5.73. The minimum absolute atomic E-state index is 0.248. The summed E-state index contributed by atoms with van der Waals surface area (Å²) in [5, 5.41) is 13.7. The van der Waals surface area contributed by atoms with Gasteiger partial charge in [0.2, 0.25) is 11.9 Å². The van der Waals surface area contributed by atoms with E-state index in [4.69, 9.17) is 11.6 Å². The summed E-state index contributed by atoms with van der Waals surface area (Å²) in [6.45, 7) is 0.372. The van der Waals surface area contributed by atoms with Gasteiger partial charge >= 0.3 is 0 Å². The Kier molecular flexibility index (Phi) is 3.28. The Bertz CT molecular complexity index is 447. The molecule has 0 unspecified atom stereocenters. The molecule has 1 aromatic rings. The van der Waals surface area contributed by atoms with Gasteiger partial charge in [0.1, 0.15) is 5.92 Å². The third kappa shape index (κ3) is 2.94. The molecule has 90 valence electrons. The predicted molar refractivity (Wildman–Crippen MR) is 62.2 cm³/mol. The molecular formula is C11H11ClN2O3. The van der Waals surface area contributed by atoms with Crippen molar-refractivity contribution in [1.29, 1.82) is 0 Å². The first-order valence-electron chi connectivity index (χ1n) is 5.23. The van der Waals surface area contributed by atoms with E-state index >= 15 is 0 Å². The fourth-order valence-electron chi connectivity index (χ4n) is 1.62. The molecule has 0 radical (unpaired) electrons. The van der Waals surface area contributed by atoms with Gasteiger partial charge in [0.25, 0.3) is 0 Å². The fraction of sp³-hybridized carbons (Fsp3) is 0.364. The largest absolute Gasteiger partial charge is 0.352 e. The summed E-state index contributed by atoms with van der Waals surface area (Å²) in [5.74, 6) is -0.709. The number of benzene rings is 1. The SMILES string of the molecule is O=C(NCc1ccc(Cl)cc1)[C@H]1C[C@@H]1[N+](=O)[O-]. The lowest BCUT2D eigenvalue weighted by Crippen LogP contribution is -2.26. The Hall–Kier alpha value is -1.62. The van der Waals surface area contributed by atoms with E-state index in [1.807, 2.05) is 0 Å². The van der Waals surface area contributed by atoms with E-state index < -0.39 is 16.9 Å². The number of nitrogens with zero attached hydrogens (tertiary/aromatic N) is 1. The number of halogens is 1. The molecule has 1 N–H and O–H groups in total. The van der Waals surface area contributed by atoms with Crippen LogP contribution < -0.4 is 5.32 Å². The Morgan fingerprint density at radius 2 is 2.12 bits per heavy atom. The van der Waals surface area contributed by atoms with E-state index in [-0.39, 0.29) is 5.91 Å². The highest BCUT2D eigenvalue weighted by Crippen LogP contribution is 2.33. The second-order valence-electron chi connectivity index (χ2n) is 4.04. The highest BCUT2D eigenvalue weighted by atomic mass is 35.5. The Morgan fingerprint density at radius 1 is 1.47 bits per heavy atom. The third-order valence-corrected chi connectivity index (χ3v) is 3.00. The Balaban J connectivity index is 1.81. The third-order valence-electron chi connectivity index (χ3n) is 2.74. The van der Waals surface area contributed by atoms with Gasteiger partial charge in [-0.05, 0) is 17.7 Å². The van der Waals surface area contributed by atoms with Crippen LogP contribution >= 0.6 is 11.6 Å². The van der Waals surface area contributed by atoms with Gasteiger partial charge in [0.05, 0.1) is 0 Å². The van der Waals surface area contributed by atoms with E-state index in [0.29, 0.717) is 18.0 Å². The highest BCUT2D eigenvalue weighted by Gasteiger charge is 2.53. The predicted octanol–water partition coefficient (Wildman–Crippen LogP) is 1.62. The monoisotopic (exact) mass is 254 g/mol. The molecule has 0 aromatic heterocycles. The lowest BCUT2D eigenvalue weighted by Gasteiger charge is -2.03. The van der Waals surface area contributed by atoms with Crippen LogP contribution in [0.5, 0.6) is 0 Å². The van der Waals surface area contributed by atoms with Crippen LogP contribution in [0.3, 0.4) is 0 Å². The van der Waals surface area contributed by atoms with Crippen LogP contribution in [0.2, 0.25) is 5.02 Å². The van der Waals surface area contributed by atoms with E-state index in [2.05, 4.69) is 5.32 Å². The minimum atomic E-state index is -0.694. The van der Waals surface area contributed by atoms with Crippen molar-refractivity contribution in [3.8, 4) is 0 Å². The zero-order valence-electron chi connectivity index (χ0n) is 8.93. The fourth-order valence-corrected chi connectivity index (χ4v) is 1.74. The molecule has 1 amide bonds. The maximum Gasteiger partial charge on any atom is 0.230 e. The Labute approximate surface area is 103 Å². The van der Waals surface area contributed by atoms with Gasteiger partial charge in [-0.25, -0.2) is 0 Å². The summed E-state index contributed by atoms with van der Waals surface area (Å²) in [5.41, 5.74) is 0.918.